The van der Waals surface area contributed by atoms with Gasteiger partial charge in [0.15, 0.2) is 0 Å². The molecule has 142 valence electrons. The molecular weight excluding hydrogens is 359 g/mol. The van der Waals surface area contributed by atoms with E-state index in [-0.39, 0.29) is 17.6 Å². The van der Waals surface area contributed by atoms with Gasteiger partial charge in [0.1, 0.15) is 23.5 Å². The number of aryl methyl sites for hydroxylation is 1. The molecule has 11 heteroatoms. The van der Waals surface area contributed by atoms with E-state index in [0.29, 0.717) is 31.6 Å². The van der Waals surface area contributed by atoms with Crippen LogP contribution in [0.25, 0.3) is 0 Å². The van der Waals surface area contributed by atoms with Crippen molar-refractivity contribution in [3.8, 4) is 0 Å². The molecule has 2 aromatic heterocycles. The summed E-state index contributed by atoms with van der Waals surface area (Å²) in [6.45, 7) is 1.44. The zero-order valence-corrected chi connectivity index (χ0v) is 13.8. The summed E-state index contributed by atoms with van der Waals surface area (Å²) in [6, 6.07) is 0.733. The second-order valence-corrected chi connectivity index (χ2v) is 6.17. The van der Waals surface area contributed by atoms with Gasteiger partial charge >= 0.3 is 6.18 Å². The van der Waals surface area contributed by atoms with Gasteiger partial charge in [-0.05, 0) is 6.42 Å². The summed E-state index contributed by atoms with van der Waals surface area (Å²) in [7, 11) is 1.58. The molecule has 26 heavy (non-hydrogen) atoms. The summed E-state index contributed by atoms with van der Waals surface area (Å²) >= 11 is 0. The Morgan fingerprint density at radius 3 is 2.77 bits per heavy atom. The first-order valence-electron chi connectivity index (χ1n) is 7.91. The van der Waals surface area contributed by atoms with Gasteiger partial charge in [-0.3, -0.25) is 9.58 Å². The van der Waals surface area contributed by atoms with Crippen molar-refractivity contribution in [2.45, 2.75) is 31.6 Å². The largest absolute Gasteiger partial charge is 0.433 e. The second kappa shape index (κ2) is 7.14. The van der Waals surface area contributed by atoms with Gasteiger partial charge < -0.3 is 5.32 Å². The monoisotopic (exact) mass is 376 g/mol. The number of aromatic nitrogens is 4. The molecule has 1 N–H and O–H groups in total. The van der Waals surface area contributed by atoms with Crippen molar-refractivity contribution >= 4 is 5.82 Å². The SMILES string of the molecule is Cn1cc(CN2CCC(Nc3cc(C(F)(F)F)ncn3)C2)c(C(F)F)n1. The zero-order valence-electron chi connectivity index (χ0n) is 13.8. The summed E-state index contributed by atoms with van der Waals surface area (Å²) in [5.41, 5.74) is -0.805. The first-order chi connectivity index (χ1) is 12.2. The fourth-order valence-corrected chi connectivity index (χ4v) is 3.00. The fourth-order valence-electron chi connectivity index (χ4n) is 3.00. The lowest BCUT2D eigenvalue weighted by Crippen LogP contribution is -2.26. The Balaban J connectivity index is 1.61. The third-order valence-electron chi connectivity index (χ3n) is 4.12. The van der Waals surface area contributed by atoms with Gasteiger partial charge in [-0.1, -0.05) is 0 Å². The number of rotatable bonds is 5. The molecule has 0 aromatic carbocycles. The standard InChI is InChI=1S/C15H17F5N6/c1-25-5-9(13(24-25)14(16)17)6-26-3-2-10(7-26)23-12-4-11(15(18,19)20)21-8-22-12/h4-5,8,10,14H,2-3,6-7H2,1H3,(H,21,22,23). The van der Waals surface area contributed by atoms with Crippen LogP contribution in [0.4, 0.5) is 27.8 Å². The van der Waals surface area contributed by atoms with Crippen LogP contribution in [0.1, 0.15) is 29.8 Å². The van der Waals surface area contributed by atoms with Gasteiger partial charge in [0, 0.05) is 50.6 Å². The van der Waals surface area contributed by atoms with Crippen LogP contribution in [0.15, 0.2) is 18.6 Å². The summed E-state index contributed by atoms with van der Waals surface area (Å²) in [6.07, 6.45) is -4.10. The molecule has 1 atom stereocenters. The van der Waals surface area contributed by atoms with Crippen LogP contribution in [0.5, 0.6) is 0 Å². The highest BCUT2D eigenvalue weighted by atomic mass is 19.4. The zero-order chi connectivity index (χ0) is 18.9. The third kappa shape index (κ3) is 4.26. The number of halogens is 5. The lowest BCUT2D eigenvalue weighted by Gasteiger charge is -2.17. The van der Waals surface area contributed by atoms with Crippen molar-refractivity contribution in [1.82, 2.24) is 24.6 Å². The maximum absolute atomic E-state index is 13.0. The molecule has 6 nitrogen and oxygen atoms in total. The van der Waals surface area contributed by atoms with Crippen LogP contribution < -0.4 is 5.32 Å². The molecule has 3 heterocycles. The Bertz CT molecular complexity index is 759. The van der Waals surface area contributed by atoms with Crippen molar-refractivity contribution in [2.24, 2.45) is 7.05 Å². The maximum Gasteiger partial charge on any atom is 0.433 e. The molecule has 0 spiro atoms. The van der Waals surface area contributed by atoms with E-state index in [1.807, 2.05) is 4.90 Å². The van der Waals surface area contributed by atoms with E-state index in [2.05, 4.69) is 20.4 Å². The number of anilines is 1. The first-order valence-corrected chi connectivity index (χ1v) is 7.91. The average Bonchev–Trinajstić information content (AvgIpc) is 3.13. The molecule has 1 unspecified atom stereocenters. The number of hydrogen-bond acceptors (Lipinski definition) is 5. The molecular formula is C15H17F5N6. The highest BCUT2D eigenvalue weighted by molar-refractivity contribution is 5.37. The molecule has 3 rings (SSSR count). The Hall–Kier alpha value is -2.30. The normalized spacial score (nSPS) is 18.7. The van der Waals surface area contributed by atoms with Gasteiger partial charge in [0.2, 0.25) is 0 Å². The molecule has 0 saturated carbocycles. The van der Waals surface area contributed by atoms with Crippen molar-refractivity contribution < 1.29 is 22.0 Å². The van der Waals surface area contributed by atoms with Gasteiger partial charge in [0.25, 0.3) is 6.43 Å². The summed E-state index contributed by atoms with van der Waals surface area (Å²) in [4.78, 5) is 8.98. The average molecular weight is 376 g/mol. The highest BCUT2D eigenvalue weighted by Crippen LogP contribution is 2.29. The number of likely N-dealkylation sites (tertiary alicyclic amines) is 1. The molecule has 1 aliphatic heterocycles. The number of hydrogen-bond donors (Lipinski definition) is 1. The van der Waals surface area contributed by atoms with Crippen LogP contribution in [0.2, 0.25) is 0 Å². The van der Waals surface area contributed by atoms with E-state index >= 15 is 0 Å². The van der Waals surface area contributed by atoms with Gasteiger partial charge in [0.05, 0.1) is 0 Å². The molecule has 0 aliphatic carbocycles. The number of nitrogens with zero attached hydrogens (tertiary/aromatic N) is 5. The van der Waals surface area contributed by atoms with E-state index < -0.39 is 18.3 Å². The Labute approximate surface area is 146 Å². The maximum atomic E-state index is 13.0. The molecule has 1 aliphatic rings. The quantitative estimate of drug-likeness (QED) is 0.814. The fraction of sp³-hybridized carbons (Fsp3) is 0.533. The van der Waals surface area contributed by atoms with E-state index in [1.54, 1.807) is 13.2 Å². The summed E-state index contributed by atoms with van der Waals surface area (Å²) in [5, 5.41) is 6.72. The minimum Gasteiger partial charge on any atom is -0.366 e. The van der Waals surface area contributed by atoms with E-state index in [0.717, 1.165) is 12.4 Å². The molecule has 0 bridgehead atoms. The van der Waals surface area contributed by atoms with Gasteiger partial charge in [-0.25, -0.2) is 18.7 Å². The Morgan fingerprint density at radius 1 is 1.31 bits per heavy atom. The summed E-state index contributed by atoms with van der Waals surface area (Å²) in [5.74, 6) is 0.0915. The Morgan fingerprint density at radius 2 is 2.08 bits per heavy atom. The predicted molar refractivity (Wildman–Crippen MR) is 82.5 cm³/mol. The summed E-state index contributed by atoms with van der Waals surface area (Å²) < 4.78 is 65.4. The minimum absolute atomic E-state index is 0.0915. The van der Waals surface area contributed by atoms with E-state index in [4.69, 9.17) is 0 Å². The van der Waals surface area contributed by atoms with Crippen LogP contribution in [-0.2, 0) is 19.8 Å². The van der Waals surface area contributed by atoms with Gasteiger partial charge in [-0.2, -0.15) is 18.3 Å². The van der Waals surface area contributed by atoms with Crippen LogP contribution in [0.3, 0.4) is 0 Å². The topological polar surface area (TPSA) is 58.9 Å². The molecule has 0 amide bonds. The number of nitrogens with one attached hydrogen (secondary N) is 1. The smallest absolute Gasteiger partial charge is 0.366 e. The molecule has 2 aromatic rings. The lowest BCUT2D eigenvalue weighted by atomic mass is 10.2. The lowest BCUT2D eigenvalue weighted by molar-refractivity contribution is -0.141. The highest BCUT2D eigenvalue weighted by Gasteiger charge is 2.33. The first kappa shape index (κ1) is 18.5. The molecule has 1 saturated heterocycles. The van der Waals surface area contributed by atoms with Crippen LogP contribution in [0, 0.1) is 0 Å². The molecule has 0 radical (unpaired) electrons. The second-order valence-electron chi connectivity index (χ2n) is 6.17. The van der Waals surface area contributed by atoms with Gasteiger partial charge in [-0.15, -0.1) is 0 Å². The van der Waals surface area contributed by atoms with Crippen LogP contribution >= 0.6 is 0 Å². The third-order valence-corrected chi connectivity index (χ3v) is 4.12. The number of alkyl halides is 5. The predicted octanol–water partition coefficient (Wildman–Crippen LogP) is 2.85. The van der Waals surface area contributed by atoms with Crippen molar-refractivity contribution in [2.75, 3.05) is 18.4 Å². The van der Waals surface area contributed by atoms with E-state index in [1.165, 1.54) is 4.68 Å². The van der Waals surface area contributed by atoms with Crippen LogP contribution in [-0.4, -0.2) is 43.8 Å². The van der Waals surface area contributed by atoms with Crippen molar-refractivity contribution in [1.29, 1.82) is 0 Å². The van der Waals surface area contributed by atoms with Crippen molar-refractivity contribution in [3.63, 3.8) is 0 Å². The minimum atomic E-state index is -4.53. The molecule has 1 fully saturated rings. The van der Waals surface area contributed by atoms with E-state index in [9.17, 15) is 22.0 Å². The Kier molecular flexibility index (Phi) is 5.08. The van der Waals surface area contributed by atoms with Crippen molar-refractivity contribution in [3.05, 3.63) is 35.5 Å².